The molecule has 2 aromatic carbocycles. The molecule has 4 aromatic rings. The third kappa shape index (κ3) is 3.99. The molecule has 0 unspecified atom stereocenters. The zero-order valence-electron chi connectivity index (χ0n) is 19.3. The van der Waals surface area contributed by atoms with E-state index >= 15 is 0 Å². The van der Waals surface area contributed by atoms with E-state index < -0.39 is 0 Å². The summed E-state index contributed by atoms with van der Waals surface area (Å²) in [5.41, 5.74) is 11.4. The normalized spacial score (nSPS) is 13.5. The zero-order valence-corrected chi connectivity index (χ0v) is 19.3. The Balaban J connectivity index is 1.69. The number of aromatic nitrogens is 3. The van der Waals surface area contributed by atoms with Gasteiger partial charge in [-0.1, -0.05) is 24.3 Å². The number of hydrogen-bond acceptors (Lipinski definition) is 5. The lowest BCUT2D eigenvalue weighted by molar-refractivity contribution is -0.129. The number of carbonyl (C=O) groups is 1. The summed E-state index contributed by atoms with van der Waals surface area (Å²) in [5, 5.41) is 1.03. The third-order valence-electron chi connectivity index (χ3n) is 6.51. The number of pyridine rings is 1. The highest BCUT2D eigenvalue weighted by molar-refractivity contribution is 6.06. The number of anilines is 1. The first-order valence-electron chi connectivity index (χ1n) is 11.4. The van der Waals surface area contributed by atoms with Crippen molar-refractivity contribution in [1.29, 1.82) is 0 Å². The fraction of sp³-hybridized carbons (Fsp3) is 0.346. The molecule has 7 heteroatoms. The zero-order chi connectivity index (χ0) is 23.1. The van der Waals surface area contributed by atoms with Crippen LogP contribution in [0, 0.1) is 0 Å². The first-order chi connectivity index (χ1) is 16.0. The third-order valence-corrected chi connectivity index (χ3v) is 6.51. The van der Waals surface area contributed by atoms with Crippen LogP contribution in [-0.2, 0) is 17.9 Å². The molecule has 0 saturated heterocycles. The standard InChI is InChI=1S/C26H29N5O2/c1-4-30(16(2)32)15-23-29-24-25(31(23)14-17-5-10-20(33-3)11-6-17)21-12-9-19(18-7-8-18)13-22(21)28-26(24)27/h5-6,9-13,18H,4,7-8,14-15H2,1-3H3,(H2,27,28). The van der Waals surface area contributed by atoms with E-state index in [2.05, 4.69) is 34.9 Å². The number of nitrogens with zero attached hydrogens (tertiary/aromatic N) is 4. The molecule has 2 N–H and O–H groups in total. The minimum absolute atomic E-state index is 0.0191. The Morgan fingerprint density at radius 1 is 1.18 bits per heavy atom. The number of nitrogens with two attached hydrogens (primary N) is 1. The minimum Gasteiger partial charge on any atom is -0.497 e. The number of hydrogen-bond donors (Lipinski definition) is 1. The van der Waals surface area contributed by atoms with Gasteiger partial charge >= 0.3 is 0 Å². The fourth-order valence-corrected chi connectivity index (χ4v) is 4.47. The van der Waals surface area contributed by atoms with Crippen molar-refractivity contribution < 1.29 is 9.53 Å². The lowest BCUT2D eigenvalue weighted by Gasteiger charge is -2.19. The second-order valence-electron chi connectivity index (χ2n) is 8.74. The van der Waals surface area contributed by atoms with Gasteiger partial charge in [0, 0.05) is 25.4 Å². The highest BCUT2D eigenvalue weighted by atomic mass is 16.5. The van der Waals surface area contributed by atoms with Crippen LogP contribution in [0.15, 0.2) is 42.5 Å². The van der Waals surface area contributed by atoms with Gasteiger partial charge in [0.05, 0.1) is 24.7 Å². The van der Waals surface area contributed by atoms with Gasteiger partial charge in [0.15, 0.2) is 5.82 Å². The molecule has 1 saturated carbocycles. The lowest BCUT2D eigenvalue weighted by Crippen LogP contribution is -2.29. The van der Waals surface area contributed by atoms with Crippen LogP contribution in [0.4, 0.5) is 5.82 Å². The molecule has 1 amide bonds. The summed E-state index contributed by atoms with van der Waals surface area (Å²) in [5.74, 6) is 2.69. The molecule has 1 fully saturated rings. The quantitative estimate of drug-likeness (QED) is 0.455. The SMILES string of the molecule is CCN(Cc1nc2c(N)nc3cc(C4CC4)ccc3c2n1Cc1ccc(OC)cc1)C(C)=O. The highest BCUT2D eigenvalue weighted by Crippen LogP contribution is 2.41. The van der Waals surface area contributed by atoms with Crippen LogP contribution in [0.5, 0.6) is 5.75 Å². The summed E-state index contributed by atoms with van der Waals surface area (Å²) in [7, 11) is 1.66. The maximum absolute atomic E-state index is 12.2. The molecular weight excluding hydrogens is 414 g/mol. The van der Waals surface area contributed by atoms with E-state index in [0.717, 1.165) is 33.6 Å². The van der Waals surface area contributed by atoms with Gasteiger partial charge in [-0.3, -0.25) is 4.79 Å². The van der Waals surface area contributed by atoms with Gasteiger partial charge in [-0.25, -0.2) is 9.97 Å². The number of methoxy groups -OCH3 is 1. The van der Waals surface area contributed by atoms with Crippen LogP contribution in [0.2, 0.25) is 0 Å². The molecule has 0 aliphatic heterocycles. The Kier molecular flexibility index (Phi) is 5.40. The number of rotatable bonds is 7. The first kappa shape index (κ1) is 21.2. The number of benzene rings is 2. The van der Waals surface area contributed by atoms with Crippen LogP contribution in [-0.4, -0.2) is 39.0 Å². The molecule has 33 heavy (non-hydrogen) atoms. The molecule has 0 atom stereocenters. The summed E-state index contributed by atoms with van der Waals surface area (Å²) in [4.78, 5) is 23.5. The van der Waals surface area contributed by atoms with Crippen LogP contribution in [0.3, 0.4) is 0 Å². The van der Waals surface area contributed by atoms with Crippen molar-refractivity contribution in [3.63, 3.8) is 0 Å². The average molecular weight is 444 g/mol. The van der Waals surface area contributed by atoms with Crippen molar-refractivity contribution in [2.45, 2.75) is 45.7 Å². The van der Waals surface area contributed by atoms with Crippen molar-refractivity contribution >= 4 is 33.7 Å². The molecular formula is C26H29N5O2. The van der Waals surface area contributed by atoms with Crippen molar-refractivity contribution in [2.24, 2.45) is 0 Å². The van der Waals surface area contributed by atoms with E-state index in [0.29, 0.717) is 36.9 Å². The van der Waals surface area contributed by atoms with Gasteiger partial charge in [-0.2, -0.15) is 0 Å². The van der Waals surface area contributed by atoms with Gasteiger partial charge in [-0.15, -0.1) is 0 Å². The largest absolute Gasteiger partial charge is 0.497 e. The van der Waals surface area contributed by atoms with Gasteiger partial charge in [-0.05, 0) is 55.0 Å². The number of fused-ring (bicyclic) bond motifs is 3. The molecule has 0 spiro atoms. The monoisotopic (exact) mass is 443 g/mol. The Bertz CT molecular complexity index is 1340. The Hall–Kier alpha value is -3.61. The van der Waals surface area contributed by atoms with Crippen molar-refractivity contribution in [3.05, 3.63) is 59.4 Å². The van der Waals surface area contributed by atoms with E-state index in [9.17, 15) is 4.79 Å². The van der Waals surface area contributed by atoms with E-state index in [1.54, 1.807) is 18.9 Å². The smallest absolute Gasteiger partial charge is 0.219 e. The number of ether oxygens (including phenoxy) is 1. The predicted molar refractivity (Wildman–Crippen MR) is 130 cm³/mol. The number of nitrogen functional groups attached to an aromatic ring is 1. The summed E-state index contributed by atoms with van der Waals surface area (Å²) in [6.45, 7) is 5.19. The summed E-state index contributed by atoms with van der Waals surface area (Å²) in [6.07, 6.45) is 2.47. The van der Waals surface area contributed by atoms with Gasteiger partial charge < -0.3 is 19.9 Å². The molecule has 5 rings (SSSR count). The Morgan fingerprint density at radius 3 is 2.58 bits per heavy atom. The lowest BCUT2D eigenvalue weighted by atomic mass is 10.1. The average Bonchev–Trinajstić information content (AvgIpc) is 3.60. The second-order valence-corrected chi connectivity index (χ2v) is 8.74. The maximum Gasteiger partial charge on any atom is 0.219 e. The van der Waals surface area contributed by atoms with Crippen LogP contribution < -0.4 is 10.5 Å². The summed E-state index contributed by atoms with van der Waals surface area (Å²) < 4.78 is 7.49. The van der Waals surface area contributed by atoms with E-state index in [4.69, 9.17) is 20.4 Å². The Morgan fingerprint density at radius 2 is 1.94 bits per heavy atom. The molecule has 2 aromatic heterocycles. The minimum atomic E-state index is 0.0191. The molecule has 170 valence electrons. The van der Waals surface area contributed by atoms with Crippen molar-refractivity contribution in [1.82, 2.24) is 19.4 Å². The second kappa shape index (κ2) is 8.39. The van der Waals surface area contributed by atoms with Gasteiger partial charge in [0.25, 0.3) is 0 Å². The van der Waals surface area contributed by atoms with E-state index in [1.165, 1.54) is 18.4 Å². The number of carbonyl (C=O) groups excluding carboxylic acids is 1. The molecule has 0 bridgehead atoms. The fourth-order valence-electron chi connectivity index (χ4n) is 4.47. The summed E-state index contributed by atoms with van der Waals surface area (Å²) >= 11 is 0. The summed E-state index contributed by atoms with van der Waals surface area (Å²) in [6, 6.07) is 14.5. The van der Waals surface area contributed by atoms with Crippen LogP contribution in [0.25, 0.3) is 21.9 Å². The van der Waals surface area contributed by atoms with Crippen molar-refractivity contribution in [2.75, 3.05) is 19.4 Å². The van der Waals surface area contributed by atoms with Crippen LogP contribution >= 0.6 is 0 Å². The van der Waals surface area contributed by atoms with Crippen LogP contribution in [0.1, 0.15) is 49.6 Å². The predicted octanol–water partition coefficient (Wildman–Crippen LogP) is 4.47. The molecule has 7 nitrogen and oxygen atoms in total. The highest BCUT2D eigenvalue weighted by Gasteiger charge is 2.25. The van der Waals surface area contributed by atoms with E-state index in [-0.39, 0.29) is 5.91 Å². The molecule has 1 aliphatic rings. The maximum atomic E-state index is 12.2. The number of imidazole rings is 1. The topological polar surface area (TPSA) is 86.3 Å². The van der Waals surface area contributed by atoms with Gasteiger partial charge in [0.2, 0.25) is 5.91 Å². The van der Waals surface area contributed by atoms with Gasteiger partial charge in [0.1, 0.15) is 17.1 Å². The number of amides is 1. The van der Waals surface area contributed by atoms with Crippen molar-refractivity contribution in [3.8, 4) is 5.75 Å². The first-order valence-corrected chi connectivity index (χ1v) is 11.4. The van der Waals surface area contributed by atoms with E-state index in [1.807, 2.05) is 19.1 Å². The molecule has 2 heterocycles. The molecule has 0 radical (unpaired) electrons. The Labute approximate surface area is 193 Å². The molecule has 1 aliphatic carbocycles.